The number of nitrogens with one attached hydrogen (secondary N) is 1. The van der Waals surface area contributed by atoms with Crippen molar-refractivity contribution in [1.29, 1.82) is 0 Å². The number of methoxy groups -OCH3 is 1. The Kier molecular flexibility index (Phi) is 4.18. The number of amides is 1. The summed E-state index contributed by atoms with van der Waals surface area (Å²) in [6.45, 7) is 0.143. The second-order valence-electron chi connectivity index (χ2n) is 4.28. The first-order valence-electron chi connectivity index (χ1n) is 5.87. The molecule has 0 aromatic heterocycles. The predicted molar refractivity (Wildman–Crippen MR) is 71.1 cm³/mol. The monoisotopic (exact) mass is 284 g/mol. The van der Waals surface area contributed by atoms with E-state index >= 15 is 0 Å². The molecule has 1 N–H and O–H groups in total. The number of carbonyl (C=O) groups excluding carboxylic acids is 1. The zero-order valence-electron chi connectivity index (χ0n) is 10.6. The van der Waals surface area contributed by atoms with Crippen LogP contribution in [0.4, 0.5) is 5.69 Å². The normalized spacial score (nSPS) is 16.6. The Labute approximate surface area is 112 Å². The molecular formula is C12H16N2O4S. The fourth-order valence-electron chi connectivity index (χ4n) is 1.89. The van der Waals surface area contributed by atoms with Crippen LogP contribution >= 0.6 is 0 Å². The molecule has 1 aliphatic heterocycles. The molecule has 1 heterocycles. The van der Waals surface area contributed by atoms with Crippen molar-refractivity contribution in [3.63, 3.8) is 0 Å². The second kappa shape index (κ2) is 5.68. The van der Waals surface area contributed by atoms with E-state index in [1.807, 2.05) is 6.07 Å². The lowest BCUT2D eigenvalue weighted by Crippen LogP contribution is -2.37. The molecule has 0 bridgehead atoms. The van der Waals surface area contributed by atoms with E-state index in [2.05, 4.69) is 5.32 Å². The largest absolute Gasteiger partial charge is 0.384 e. The smallest absolute Gasteiger partial charge is 0.239 e. The molecule has 1 aliphatic rings. The van der Waals surface area contributed by atoms with Crippen LogP contribution in [-0.4, -0.2) is 44.6 Å². The number of sulfonamides is 1. The Morgan fingerprint density at radius 2 is 2.05 bits per heavy atom. The summed E-state index contributed by atoms with van der Waals surface area (Å²) >= 11 is 0. The summed E-state index contributed by atoms with van der Waals surface area (Å²) in [7, 11) is -2.05. The van der Waals surface area contributed by atoms with Crippen LogP contribution in [0.2, 0.25) is 0 Å². The second-order valence-corrected chi connectivity index (χ2v) is 6.37. The number of fused-ring (bicyclic) bond motifs is 1. The van der Waals surface area contributed by atoms with Gasteiger partial charge >= 0.3 is 0 Å². The van der Waals surface area contributed by atoms with Crippen LogP contribution in [0.25, 0.3) is 0 Å². The van der Waals surface area contributed by atoms with Crippen molar-refractivity contribution in [2.24, 2.45) is 0 Å². The van der Waals surface area contributed by atoms with Crippen molar-refractivity contribution in [2.75, 3.05) is 31.3 Å². The van der Waals surface area contributed by atoms with Gasteiger partial charge in [-0.05, 0) is 11.6 Å². The highest BCUT2D eigenvalue weighted by molar-refractivity contribution is 7.89. The molecule has 2 rings (SSSR count). The number of ether oxygens (including phenoxy) is 1. The Hall–Kier alpha value is -1.44. The van der Waals surface area contributed by atoms with Crippen molar-refractivity contribution in [1.82, 2.24) is 4.31 Å². The lowest BCUT2D eigenvalue weighted by molar-refractivity contribution is -0.116. The molecule has 0 saturated heterocycles. The highest BCUT2D eigenvalue weighted by atomic mass is 32.2. The highest BCUT2D eigenvalue weighted by Gasteiger charge is 2.28. The van der Waals surface area contributed by atoms with E-state index in [4.69, 9.17) is 4.74 Å². The van der Waals surface area contributed by atoms with E-state index in [1.165, 1.54) is 11.4 Å². The van der Waals surface area contributed by atoms with Crippen LogP contribution in [0, 0.1) is 0 Å². The molecule has 0 atom stereocenters. The maximum Gasteiger partial charge on any atom is 0.239 e. The van der Waals surface area contributed by atoms with Gasteiger partial charge in [-0.25, -0.2) is 8.42 Å². The minimum atomic E-state index is -3.50. The van der Waals surface area contributed by atoms with Crippen molar-refractivity contribution in [3.8, 4) is 0 Å². The van der Waals surface area contributed by atoms with Crippen molar-refractivity contribution in [3.05, 3.63) is 29.8 Å². The average Bonchev–Trinajstić information content (AvgIpc) is 2.54. The molecule has 104 valence electrons. The number of benzene rings is 1. The number of rotatable bonds is 4. The van der Waals surface area contributed by atoms with Gasteiger partial charge in [-0.1, -0.05) is 18.2 Å². The van der Waals surface area contributed by atoms with Gasteiger partial charge in [0, 0.05) is 19.3 Å². The molecule has 0 fully saturated rings. The number of anilines is 1. The van der Waals surface area contributed by atoms with Gasteiger partial charge in [-0.3, -0.25) is 4.79 Å². The molecule has 0 unspecified atom stereocenters. The van der Waals surface area contributed by atoms with Gasteiger partial charge in [0.1, 0.15) is 0 Å². The summed E-state index contributed by atoms with van der Waals surface area (Å²) in [5, 5.41) is 2.70. The van der Waals surface area contributed by atoms with Gasteiger partial charge in [0.15, 0.2) is 0 Å². The molecule has 0 spiro atoms. The SMILES string of the molecule is COCCS(=O)(=O)N1CC(=O)Nc2ccccc2C1. The number of hydrogen-bond acceptors (Lipinski definition) is 4. The summed E-state index contributed by atoms with van der Waals surface area (Å²) in [6.07, 6.45) is 0. The third kappa shape index (κ3) is 3.31. The zero-order chi connectivity index (χ0) is 13.9. The van der Waals surface area contributed by atoms with E-state index in [9.17, 15) is 13.2 Å². The molecule has 1 aromatic rings. The van der Waals surface area contributed by atoms with Crippen LogP contribution in [-0.2, 0) is 26.1 Å². The van der Waals surface area contributed by atoms with E-state index in [0.717, 1.165) is 5.56 Å². The molecule has 6 nitrogen and oxygen atoms in total. The van der Waals surface area contributed by atoms with Gasteiger partial charge in [-0.15, -0.1) is 0 Å². The number of carbonyl (C=O) groups is 1. The van der Waals surface area contributed by atoms with Crippen LogP contribution in [0.5, 0.6) is 0 Å². The fraction of sp³-hybridized carbons (Fsp3) is 0.417. The van der Waals surface area contributed by atoms with Gasteiger partial charge in [0.05, 0.1) is 18.9 Å². The molecule has 0 saturated carbocycles. The highest BCUT2D eigenvalue weighted by Crippen LogP contribution is 2.21. The third-order valence-corrected chi connectivity index (χ3v) is 4.62. The first kappa shape index (κ1) is 14.0. The summed E-state index contributed by atoms with van der Waals surface area (Å²) in [5.74, 6) is -0.454. The summed E-state index contributed by atoms with van der Waals surface area (Å²) in [4.78, 5) is 11.7. The summed E-state index contributed by atoms with van der Waals surface area (Å²) < 4.78 is 30.2. The number of hydrogen-bond donors (Lipinski definition) is 1. The van der Waals surface area contributed by atoms with Crippen molar-refractivity contribution in [2.45, 2.75) is 6.54 Å². The Bertz CT molecular complexity index is 571. The van der Waals surface area contributed by atoms with Crippen molar-refractivity contribution >= 4 is 21.6 Å². The van der Waals surface area contributed by atoms with E-state index in [0.29, 0.717) is 5.69 Å². The van der Waals surface area contributed by atoms with Crippen molar-refractivity contribution < 1.29 is 17.9 Å². The van der Waals surface area contributed by atoms with Gasteiger partial charge < -0.3 is 10.1 Å². The van der Waals surface area contributed by atoms with E-state index < -0.39 is 10.0 Å². The minimum Gasteiger partial charge on any atom is -0.384 e. The molecule has 1 aromatic carbocycles. The standard InChI is InChI=1S/C12H16N2O4S/c1-18-6-7-19(16,17)14-8-10-4-2-3-5-11(10)13-12(15)9-14/h2-5H,6-9H2,1H3,(H,13,15). The number of para-hydroxylation sites is 1. The molecule has 0 aliphatic carbocycles. The fourth-order valence-corrected chi connectivity index (χ4v) is 3.18. The first-order chi connectivity index (χ1) is 9.03. The topological polar surface area (TPSA) is 75.7 Å². The summed E-state index contributed by atoms with van der Waals surface area (Å²) in [5.41, 5.74) is 1.45. The Morgan fingerprint density at radius 1 is 1.32 bits per heavy atom. The van der Waals surface area contributed by atoms with Crippen LogP contribution in [0.1, 0.15) is 5.56 Å². The molecular weight excluding hydrogens is 268 g/mol. The lowest BCUT2D eigenvalue weighted by Gasteiger charge is -2.18. The molecule has 19 heavy (non-hydrogen) atoms. The van der Waals surface area contributed by atoms with Crippen LogP contribution in [0.3, 0.4) is 0 Å². The third-order valence-electron chi connectivity index (χ3n) is 2.90. The van der Waals surface area contributed by atoms with Gasteiger partial charge in [0.2, 0.25) is 15.9 Å². The maximum atomic E-state index is 12.1. The lowest BCUT2D eigenvalue weighted by atomic mass is 10.2. The Balaban J connectivity index is 2.26. The van der Waals surface area contributed by atoms with Crippen LogP contribution in [0.15, 0.2) is 24.3 Å². The average molecular weight is 284 g/mol. The quantitative estimate of drug-likeness (QED) is 0.869. The summed E-state index contributed by atoms with van der Waals surface area (Å²) in [6, 6.07) is 7.18. The minimum absolute atomic E-state index is 0.113. The predicted octanol–water partition coefficient (Wildman–Crippen LogP) is 0.417. The molecule has 7 heteroatoms. The van der Waals surface area contributed by atoms with Gasteiger partial charge in [0.25, 0.3) is 0 Å². The van der Waals surface area contributed by atoms with E-state index in [1.54, 1.807) is 18.2 Å². The molecule has 0 radical (unpaired) electrons. The maximum absolute atomic E-state index is 12.1. The van der Waals surface area contributed by atoms with Crippen LogP contribution < -0.4 is 5.32 Å². The zero-order valence-corrected chi connectivity index (χ0v) is 11.4. The van der Waals surface area contributed by atoms with Gasteiger partial charge in [-0.2, -0.15) is 4.31 Å². The number of nitrogens with zero attached hydrogens (tertiary/aromatic N) is 1. The Morgan fingerprint density at radius 3 is 2.79 bits per heavy atom. The molecule has 1 amide bonds. The first-order valence-corrected chi connectivity index (χ1v) is 7.48. The van der Waals surface area contributed by atoms with E-state index in [-0.39, 0.29) is 31.4 Å².